The molecule has 1 N–H and O–H groups in total. The predicted octanol–water partition coefficient (Wildman–Crippen LogP) is 4.08. The largest absolute Gasteiger partial charge is 0.493 e. The van der Waals surface area contributed by atoms with Crippen molar-refractivity contribution < 1.29 is 4.74 Å². The quantitative estimate of drug-likeness (QED) is 0.474. The zero-order valence-corrected chi connectivity index (χ0v) is 12.6. The summed E-state index contributed by atoms with van der Waals surface area (Å²) in [6.07, 6.45) is 3.95. The summed E-state index contributed by atoms with van der Waals surface area (Å²) in [6, 6.07) is 7.89. The van der Waals surface area contributed by atoms with Crippen LogP contribution in [-0.2, 0) is 0 Å². The van der Waals surface area contributed by atoms with E-state index in [9.17, 15) is 0 Å². The molecule has 0 amide bonds. The van der Waals surface area contributed by atoms with Crippen LogP contribution in [-0.4, -0.2) is 17.8 Å². The van der Waals surface area contributed by atoms with E-state index in [4.69, 9.17) is 4.74 Å². The first kappa shape index (κ1) is 14.5. The maximum absolute atomic E-state index is 5.75. The van der Waals surface area contributed by atoms with Crippen LogP contribution in [0.15, 0.2) is 34.7 Å². The van der Waals surface area contributed by atoms with Gasteiger partial charge in [-0.15, -0.1) is 11.3 Å². The Morgan fingerprint density at radius 1 is 1.40 bits per heavy atom. The highest BCUT2D eigenvalue weighted by Crippen LogP contribution is 2.17. The summed E-state index contributed by atoms with van der Waals surface area (Å²) < 4.78 is 5.75. The number of hydrazone groups is 1. The molecule has 0 aliphatic heterocycles. The molecule has 0 unspecified atom stereocenters. The first-order chi connectivity index (χ1) is 9.79. The molecule has 0 saturated heterocycles. The van der Waals surface area contributed by atoms with Crippen molar-refractivity contribution in [2.24, 2.45) is 5.10 Å². The number of benzene rings is 1. The highest BCUT2D eigenvalue weighted by molar-refractivity contribution is 7.13. The van der Waals surface area contributed by atoms with Gasteiger partial charge in [-0.25, -0.2) is 4.98 Å². The molecule has 5 heteroatoms. The van der Waals surface area contributed by atoms with Gasteiger partial charge in [-0.05, 0) is 25.5 Å². The van der Waals surface area contributed by atoms with E-state index in [2.05, 4.69) is 22.4 Å². The Bertz CT molecular complexity index is 566. The highest BCUT2D eigenvalue weighted by atomic mass is 32.1. The topological polar surface area (TPSA) is 46.5 Å². The second-order valence-corrected chi connectivity index (χ2v) is 5.26. The summed E-state index contributed by atoms with van der Waals surface area (Å²) in [7, 11) is 0. The number of rotatable bonds is 7. The molecule has 4 nitrogen and oxygen atoms in total. The molecule has 1 aromatic heterocycles. The van der Waals surface area contributed by atoms with Crippen LogP contribution in [0.5, 0.6) is 5.75 Å². The summed E-state index contributed by atoms with van der Waals surface area (Å²) in [4.78, 5) is 4.29. The van der Waals surface area contributed by atoms with E-state index >= 15 is 0 Å². The SMILES string of the molecule is CCCCOc1ccccc1/C=N\Nc1nc(C)cs1. The summed E-state index contributed by atoms with van der Waals surface area (Å²) in [6.45, 7) is 4.85. The summed E-state index contributed by atoms with van der Waals surface area (Å²) >= 11 is 1.54. The monoisotopic (exact) mass is 289 g/mol. The Hall–Kier alpha value is -1.88. The molecule has 0 radical (unpaired) electrons. The standard InChI is InChI=1S/C15H19N3OS/c1-3-4-9-19-14-8-6-5-7-13(14)10-16-18-15-17-12(2)11-20-15/h5-8,10-11H,3-4,9H2,1-2H3,(H,17,18)/b16-10-. The van der Waals surface area contributed by atoms with Crippen molar-refractivity contribution in [1.82, 2.24) is 4.98 Å². The van der Waals surface area contributed by atoms with Crippen molar-refractivity contribution >= 4 is 22.7 Å². The lowest BCUT2D eigenvalue weighted by atomic mass is 10.2. The number of thiazole rings is 1. The first-order valence-corrected chi connectivity index (χ1v) is 7.60. The molecular weight excluding hydrogens is 270 g/mol. The molecule has 0 bridgehead atoms. The van der Waals surface area contributed by atoms with E-state index in [0.717, 1.165) is 41.6 Å². The minimum absolute atomic E-state index is 0.737. The van der Waals surface area contributed by atoms with E-state index in [1.54, 1.807) is 6.21 Å². The second kappa shape index (κ2) is 7.65. The van der Waals surface area contributed by atoms with Crippen molar-refractivity contribution in [3.8, 4) is 5.75 Å². The van der Waals surface area contributed by atoms with Crippen molar-refractivity contribution in [1.29, 1.82) is 0 Å². The van der Waals surface area contributed by atoms with Crippen LogP contribution >= 0.6 is 11.3 Å². The molecule has 0 atom stereocenters. The van der Waals surface area contributed by atoms with Gasteiger partial charge in [0, 0.05) is 10.9 Å². The van der Waals surface area contributed by atoms with Gasteiger partial charge >= 0.3 is 0 Å². The van der Waals surface area contributed by atoms with Crippen LogP contribution in [0.4, 0.5) is 5.13 Å². The second-order valence-electron chi connectivity index (χ2n) is 4.40. The third-order valence-electron chi connectivity index (χ3n) is 2.66. The smallest absolute Gasteiger partial charge is 0.203 e. The van der Waals surface area contributed by atoms with Gasteiger partial charge in [0.25, 0.3) is 0 Å². The van der Waals surface area contributed by atoms with Gasteiger partial charge in [0.05, 0.1) is 18.5 Å². The average Bonchev–Trinajstić information content (AvgIpc) is 2.86. The lowest BCUT2D eigenvalue weighted by molar-refractivity contribution is 0.309. The molecule has 0 spiro atoms. The Morgan fingerprint density at radius 3 is 3.00 bits per heavy atom. The van der Waals surface area contributed by atoms with Gasteiger partial charge in [-0.1, -0.05) is 25.5 Å². The Kier molecular flexibility index (Phi) is 5.55. The predicted molar refractivity (Wildman–Crippen MR) is 84.9 cm³/mol. The molecule has 1 heterocycles. The minimum atomic E-state index is 0.737. The zero-order valence-electron chi connectivity index (χ0n) is 11.8. The Morgan fingerprint density at radius 2 is 2.25 bits per heavy atom. The summed E-state index contributed by atoms with van der Waals surface area (Å²) in [5, 5.41) is 6.99. The maximum Gasteiger partial charge on any atom is 0.203 e. The van der Waals surface area contributed by atoms with Gasteiger partial charge in [-0.3, -0.25) is 5.43 Å². The number of aryl methyl sites for hydroxylation is 1. The van der Waals surface area contributed by atoms with Gasteiger partial charge in [0.1, 0.15) is 5.75 Å². The fourth-order valence-electron chi connectivity index (χ4n) is 1.61. The van der Waals surface area contributed by atoms with Crippen LogP contribution in [0, 0.1) is 6.92 Å². The molecular formula is C15H19N3OS. The molecule has 0 aliphatic rings. The van der Waals surface area contributed by atoms with Crippen molar-refractivity contribution in [3.05, 3.63) is 40.9 Å². The van der Waals surface area contributed by atoms with Gasteiger partial charge in [-0.2, -0.15) is 5.10 Å². The van der Waals surface area contributed by atoms with E-state index in [0.29, 0.717) is 0 Å². The normalized spacial score (nSPS) is 10.9. The molecule has 106 valence electrons. The Balaban J connectivity index is 1.97. The number of anilines is 1. The number of ether oxygens (including phenoxy) is 1. The maximum atomic E-state index is 5.75. The summed E-state index contributed by atoms with van der Waals surface area (Å²) in [5.41, 5.74) is 4.89. The van der Waals surface area contributed by atoms with Gasteiger partial charge in [0.2, 0.25) is 5.13 Å². The number of nitrogens with one attached hydrogen (secondary N) is 1. The lowest BCUT2D eigenvalue weighted by Gasteiger charge is -2.07. The number of hydrogen-bond acceptors (Lipinski definition) is 5. The molecule has 2 aromatic rings. The van der Waals surface area contributed by atoms with E-state index in [1.165, 1.54) is 11.3 Å². The zero-order chi connectivity index (χ0) is 14.2. The molecule has 2 rings (SSSR count). The molecule has 0 aliphatic carbocycles. The molecule has 0 fully saturated rings. The number of unbranched alkanes of at least 4 members (excludes halogenated alkanes) is 1. The van der Waals surface area contributed by atoms with Crippen LogP contribution in [0.25, 0.3) is 0 Å². The van der Waals surface area contributed by atoms with E-state index in [1.807, 2.05) is 36.6 Å². The van der Waals surface area contributed by atoms with Crippen LogP contribution < -0.4 is 10.2 Å². The number of para-hydroxylation sites is 1. The fraction of sp³-hybridized carbons (Fsp3) is 0.333. The van der Waals surface area contributed by atoms with Crippen molar-refractivity contribution in [2.45, 2.75) is 26.7 Å². The fourth-order valence-corrected chi connectivity index (χ4v) is 2.24. The third kappa shape index (κ3) is 4.35. The lowest BCUT2D eigenvalue weighted by Crippen LogP contribution is -2.00. The molecule has 1 aromatic carbocycles. The number of hydrogen-bond donors (Lipinski definition) is 1. The minimum Gasteiger partial charge on any atom is -0.493 e. The third-order valence-corrected chi connectivity index (χ3v) is 3.52. The number of nitrogens with zero attached hydrogens (tertiary/aromatic N) is 2. The highest BCUT2D eigenvalue weighted by Gasteiger charge is 2.00. The van der Waals surface area contributed by atoms with E-state index < -0.39 is 0 Å². The Labute approximate surface area is 123 Å². The van der Waals surface area contributed by atoms with E-state index in [-0.39, 0.29) is 0 Å². The average molecular weight is 289 g/mol. The van der Waals surface area contributed by atoms with Gasteiger partial charge < -0.3 is 4.74 Å². The molecule has 0 saturated carbocycles. The van der Waals surface area contributed by atoms with Crippen molar-refractivity contribution in [3.63, 3.8) is 0 Å². The molecule has 20 heavy (non-hydrogen) atoms. The van der Waals surface area contributed by atoms with Crippen LogP contribution in [0.3, 0.4) is 0 Å². The van der Waals surface area contributed by atoms with Crippen LogP contribution in [0.2, 0.25) is 0 Å². The van der Waals surface area contributed by atoms with Crippen LogP contribution in [0.1, 0.15) is 31.0 Å². The van der Waals surface area contributed by atoms with Crippen molar-refractivity contribution in [2.75, 3.05) is 12.0 Å². The number of aromatic nitrogens is 1. The van der Waals surface area contributed by atoms with Gasteiger partial charge in [0.15, 0.2) is 0 Å². The first-order valence-electron chi connectivity index (χ1n) is 6.72. The summed E-state index contributed by atoms with van der Waals surface area (Å²) in [5.74, 6) is 0.863.